The van der Waals surface area contributed by atoms with E-state index in [1.165, 1.54) is 11.1 Å². The number of carbonyl (C=O) groups is 1. The van der Waals surface area contributed by atoms with Crippen LogP contribution in [0.2, 0.25) is 5.02 Å². The van der Waals surface area contributed by atoms with Gasteiger partial charge in [0.05, 0.1) is 23.6 Å². The number of aliphatic hydroxyl groups is 1. The average molecular weight is 611 g/mol. The van der Waals surface area contributed by atoms with Crippen molar-refractivity contribution in [1.82, 2.24) is 4.72 Å². The van der Waals surface area contributed by atoms with Crippen molar-refractivity contribution in [3.8, 4) is 5.75 Å². The van der Waals surface area contributed by atoms with Gasteiger partial charge in [-0.05, 0) is 111 Å². The second-order valence-corrected chi connectivity index (χ2v) is 15.6. The lowest BCUT2D eigenvalue weighted by atomic mass is 9.68. The molecule has 9 heteroatoms. The van der Waals surface area contributed by atoms with E-state index in [0.717, 1.165) is 62.2 Å². The molecular formula is C33H39ClN2O5S. The Morgan fingerprint density at radius 3 is 2.76 bits per heavy atom. The van der Waals surface area contributed by atoms with Gasteiger partial charge in [-0.25, -0.2) is 13.1 Å². The number of aliphatic hydroxyl groups excluding tert-OH is 1. The second-order valence-electron chi connectivity index (χ2n) is 13.2. The fourth-order valence-corrected chi connectivity index (χ4v) is 9.85. The van der Waals surface area contributed by atoms with Crippen molar-refractivity contribution in [3.05, 3.63) is 70.3 Å². The summed E-state index contributed by atoms with van der Waals surface area (Å²) >= 11 is 6.39. The number of aryl methyl sites for hydroxylation is 1. The van der Waals surface area contributed by atoms with Crippen LogP contribution in [-0.2, 0) is 21.9 Å². The Morgan fingerprint density at radius 1 is 1.05 bits per heavy atom. The van der Waals surface area contributed by atoms with E-state index in [2.05, 4.69) is 21.8 Å². The van der Waals surface area contributed by atoms with Crippen molar-refractivity contribution in [2.75, 3.05) is 24.6 Å². The zero-order chi connectivity index (χ0) is 29.1. The number of allylic oxidation sites excluding steroid dienone is 1. The number of sulfonamides is 1. The fourth-order valence-electron chi connectivity index (χ4n) is 8.13. The number of hydrogen-bond donors (Lipinski definition) is 2. The Kier molecular flexibility index (Phi) is 7.30. The maximum absolute atomic E-state index is 13.4. The Labute approximate surface area is 253 Å². The summed E-state index contributed by atoms with van der Waals surface area (Å²) in [6.07, 6.45) is 11.0. The summed E-state index contributed by atoms with van der Waals surface area (Å²) in [5, 5.41) is 11.4. The van der Waals surface area contributed by atoms with Crippen LogP contribution < -0.4 is 14.4 Å². The van der Waals surface area contributed by atoms with Gasteiger partial charge in [0.2, 0.25) is 10.0 Å². The number of rotatable bonds is 0. The van der Waals surface area contributed by atoms with Gasteiger partial charge in [0, 0.05) is 29.1 Å². The number of nitrogens with one attached hydrogen (secondary N) is 1. The van der Waals surface area contributed by atoms with Gasteiger partial charge < -0.3 is 14.7 Å². The van der Waals surface area contributed by atoms with E-state index in [-0.39, 0.29) is 17.3 Å². The Hall–Kier alpha value is -2.55. The maximum atomic E-state index is 13.4. The first-order chi connectivity index (χ1) is 20.2. The van der Waals surface area contributed by atoms with Gasteiger partial charge in [-0.2, -0.15) is 0 Å². The number of amides is 1. The highest BCUT2D eigenvalue weighted by atomic mass is 35.5. The maximum Gasteiger partial charge on any atom is 0.264 e. The molecule has 1 amide bonds. The molecule has 2 heterocycles. The number of ether oxygens (including phenoxy) is 1. The van der Waals surface area contributed by atoms with E-state index in [1.807, 2.05) is 24.3 Å². The smallest absolute Gasteiger partial charge is 0.264 e. The van der Waals surface area contributed by atoms with E-state index >= 15 is 0 Å². The van der Waals surface area contributed by atoms with Gasteiger partial charge in [0.15, 0.2) is 0 Å². The number of benzene rings is 2. The summed E-state index contributed by atoms with van der Waals surface area (Å²) in [5.41, 5.74) is 3.39. The van der Waals surface area contributed by atoms with E-state index in [0.29, 0.717) is 43.2 Å². The quantitative estimate of drug-likeness (QED) is 0.389. The lowest BCUT2D eigenvalue weighted by Gasteiger charge is -2.45. The van der Waals surface area contributed by atoms with Gasteiger partial charge in [0.25, 0.3) is 5.91 Å². The lowest BCUT2D eigenvalue weighted by Crippen LogP contribution is -2.49. The van der Waals surface area contributed by atoms with Gasteiger partial charge in [-0.15, -0.1) is 0 Å². The molecule has 7 nitrogen and oxygen atoms in total. The molecule has 1 spiro atoms. The summed E-state index contributed by atoms with van der Waals surface area (Å²) in [5.74, 6) is 0.608. The fraction of sp³-hybridized carbons (Fsp3) is 0.545. The Bertz CT molecular complexity index is 1530. The summed E-state index contributed by atoms with van der Waals surface area (Å²) in [4.78, 5) is 15.7. The van der Waals surface area contributed by atoms with Crippen LogP contribution in [0.5, 0.6) is 5.75 Å². The first-order valence-corrected chi connectivity index (χ1v) is 17.4. The van der Waals surface area contributed by atoms with E-state index in [1.54, 1.807) is 12.1 Å². The molecule has 2 N–H and O–H groups in total. The van der Waals surface area contributed by atoms with Crippen molar-refractivity contribution in [1.29, 1.82) is 0 Å². The normalized spacial score (nSPS) is 34.6. The van der Waals surface area contributed by atoms with Crippen LogP contribution in [0.15, 0.2) is 48.6 Å². The highest BCUT2D eigenvalue weighted by Gasteiger charge is 2.44. The molecule has 7 rings (SSSR count). The molecule has 5 aliphatic rings. The van der Waals surface area contributed by atoms with Crippen LogP contribution in [0.4, 0.5) is 5.69 Å². The molecule has 0 aromatic heterocycles. The molecule has 2 saturated carbocycles. The van der Waals surface area contributed by atoms with Crippen LogP contribution in [0.25, 0.3) is 0 Å². The zero-order valence-electron chi connectivity index (χ0n) is 23.8. The number of carbonyl (C=O) groups excluding carboxylic acids is 1. The highest BCUT2D eigenvalue weighted by Crippen LogP contribution is 2.47. The third-order valence-electron chi connectivity index (χ3n) is 10.6. The topological polar surface area (TPSA) is 95.9 Å². The number of halogens is 1. The molecule has 42 heavy (non-hydrogen) atoms. The van der Waals surface area contributed by atoms with Gasteiger partial charge >= 0.3 is 0 Å². The summed E-state index contributed by atoms with van der Waals surface area (Å²) in [6, 6.07) is 11.5. The highest BCUT2D eigenvalue weighted by molar-refractivity contribution is 7.90. The van der Waals surface area contributed by atoms with Crippen LogP contribution >= 0.6 is 11.6 Å². The number of fused-ring (bicyclic) bond motifs is 6. The van der Waals surface area contributed by atoms with Crippen LogP contribution in [0, 0.1) is 17.8 Å². The SMILES string of the molecule is O=C1NS(=O)(=O)[C@@H]2CCC[C@@H](/C=C\[C@H](O)[C@@H]3CC[C@H]3CN3C[C@@]4(CCCc5cc(Cl)ccc54)COc4ccc1cc43)C2. The molecule has 0 unspecified atom stereocenters. The minimum Gasteiger partial charge on any atom is -0.490 e. The monoisotopic (exact) mass is 610 g/mol. The van der Waals surface area contributed by atoms with Crippen LogP contribution in [0.3, 0.4) is 0 Å². The predicted octanol–water partition coefficient (Wildman–Crippen LogP) is 5.39. The standard InChI is InChI=1S/C33H39ClN2O5S/c34-25-9-11-28-22(16-25)4-2-14-33(28)19-36-18-24-7-10-27(24)30(37)12-6-21-3-1-5-26(15-21)42(39,40)35-32(38)23-8-13-31(41-20-33)29(36)17-23/h6,8-9,11-13,16-17,21,24,26-27,30,37H,1-5,7,10,14-15,18-20H2,(H,35,38)/b12-6-/t21-,24-,26+,27+,30-,33-/m0/s1. The van der Waals surface area contributed by atoms with E-state index in [9.17, 15) is 18.3 Å². The molecule has 2 aromatic carbocycles. The average Bonchev–Trinajstić information content (AvgIpc) is 3.10. The largest absolute Gasteiger partial charge is 0.490 e. The van der Waals surface area contributed by atoms with Crippen molar-refractivity contribution >= 4 is 33.2 Å². The summed E-state index contributed by atoms with van der Waals surface area (Å²) in [7, 11) is -3.85. The third kappa shape index (κ3) is 5.13. The second kappa shape index (κ2) is 10.9. The zero-order valence-corrected chi connectivity index (χ0v) is 25.4. The molecule has 224 valence electrons. The molecular weight excluding hydrogens is 572 g/mol. The number of hydrogen-bond acceptors (Lipinski definition) is 6. The number of nitrogens with zero attached hydrogens (tertiary/aromatic N) is 1. The first kappa shape index (κ1) is 28.2. The molecule has 3 aliphatic carbocycles. The lowest BCUT2D eigenvalue weighted by molar-refractivity contribution is 0.0453. The van der Waals surface area contributed by atoms with E-state index in [4.69, 9.17) is 16.3 Å². The minimum absolute atomic E-state index is 0.0740. The van der Waals surface area contributed by atoms with E-state index < -0.39 is 27.3 Å². The molecule has 0 radical (unpaired) electrons. The van der Waals surface area contributed by atoms with Crippen LogP contribution in [-0.4, -0.2) is 50.5 Å². The summed E-state index contributed by atoms with van der Waals surface area (Å²) in [6.45, 7) is 1.94. The van der Waals surface area contributed by atoms with Crippen molar-refractivity contribution < 1.29 is 23.1 Å². The first-order valence-electron chi connectivity index (χ1n) is 15.4. The molecule has 2 aliphatic heterocycles. The molecule has 6 atom stereocenters. The molecule has 0 saturated heterocycles. The predicted molar refractivity (Wildman–Crippen MR) is 164 cm³/mol. The van der Waals surface area contributed by atoms with Crippen LogP contribution in [0.1, 0.15) is 72.9 Å². The van der Waals surface area contributed by atoms with Gasteiger partial charge in [-0.1, -0.05) is 36.2 Å². The Morgan fingerprint density at radius 2 is 1.93 bits per heavy atom. The van der Waals surface area contributed by atoms with Gasteiger partial charge in [0.1, 0.15) is 5.75 Å². The molecule has 2 aromatic rings. The Balaban J connectivity index is 1.30. The molecule has 2 fully saturated rings. The van der Waals surface area contributed by atoms with Crippen molar-refractivity contribution in [3.63, 3.8) is 0 Å². The summed E-state index contributed by atoms with van der Waals surface area (Å²) < 4.78 is 35.6. The van der Waals surface area contributed by atoms with Gasteiger partial charge in [-0.3, -0.25) is 4.79 Å². The van der Waals surface area contributed by atoms with Crippen molar-refractivity contribution in [2.24, 2.45) is 17.8 Å². The minimum atomic E-state index is -3.85. The number of anilines is 1. The third-order valence-corrected chi connectivity index (χ3v) is 12.6. The molecule has 4 bridgehead atoms. The van der Waals surface area contributed by atoms with Crippen molar-refractivity contribution in [2.45, 2.75) is 74.6 Å².